The lowest BCUT2D eigenvalue weighted by atomic mass is 10.1. The molecule has 1 amide bonds. The Balaban J connectivity index is 1.96. The Kier molecular flexibility index (Phi) is 7.67. The highest BCUT2D eigenvalue weighted by Gasteiger charge is 2.07. The largest absolute Gasteiger partial charge is 0.497 e. The summed E-state index contributed by atoms with van der Waals surface area (Å²) in [5.41, 5.74) is 3.79. The van der Waals surface area contributed by atoms with Crippen molar-refractivity contribution >= 4 is 12.1 Å². The highest BCUT2D eigenvalue weighted by atomic mass is 16.5. The number of ether oxygens (including phenoxy) is 3. The van der Waals surface area contributed by atoms with Crippen LogP contribution in [0.3, 0.4) is 0 Å². The Morgan fingerprint density at radius 2 is 1.81 bits per heavy atom. The first-order valence-electron chi connectivity index (χ1n) is 8.81. The molecule has 144 valence electrons. The standard InChI is InChI=1S/C21H26N2O4/c1-15(2)11-12-27-19-10-5-16(13-20(19)26-4)14-22-23-21(24)17-6-8-18(25-3)9-7-17/h5-10,13-15H,11-12H2,1-4H3,(H,23,24)/b22-14-. The maximum absolute atomic E-state index is 12.1. The Morgan fingerprint density at radius 1 is 1.07 bits per heavy atom. The van der Waals surface area contributed by atoms with Crippen LogP contribution in [0.15, 0.2) is 47.6 Å². The molecule has 0 aliphatic heterocycles. The fourth-order valence-corrected chi connectivity index (χ4v) is 2.26. The lowest BCUT2D eigenvalue weighted by molar-refractivity contribution is 0.0955. The summed E-state index contributed by atoms with van der Waals surface area (Å²) in [5.74, 6) is 2.30. The van der Waals surface area contributed by atoms with Crippen LogP contribution in [0.4, 0.5) is 0 Å². The summed E-state index contributed by atoms with van der Waals surface area (Å²) in [4.78, 5) is 12.1. The van der Waals surface area contributed by atoms with Crippen LogP contribution in [0, 0.1) is 5.92 Å². The average molecular weight is 370 g/mol. The van der Waals surface area contributed by atoms with Gasteiger partial charge in [0.05, 0.1) is 27.0 Å². The summed E-state index contributed by atoms with van der Waals surface area (Å²) in [6, 6.07) is 12.3. The van der Waals surface area contributed by atoms with Gasteiger partial charge >= 0.3 is 0 Å². The van der Waals surface area contributed by atoms with E-state index in [-0.39, 0.29) is 5.91 Å². The van der Waals surface area contributed by atoms with Crippen LogP contribution < -0.4 is 19.6 Å². The lowest BCUT2D eigenvalue weighted by Gasteiger charge is -2.12. The highest BCUT2D eigenvalue weighted by molar-refractivity contribution is 5.95. The van der Waals surface area contributed by atoms with E-state index < -0.39 is 0 Å². The fourth-order valence-electron chi connectivity index (χ4n) is 2.26. The third-order valence-corrected chi connectivity index (χ3v) is 3.87. The van der Waals surface area contributed by atoms with Gasteiger partial charge in [0, 0.05) is 5.56 Å². The smallest absolute Gasteiger partial charge is 0.271 e. The van der Waals surface area contributed by atoms with E-state index in [9.17, 15) is 4.79 Å². The monoisotopic (exact) mass is 370 g/mol. The number of carbonyl (C=O) groups excluding carboxylic acids is 1. The minimum absolute atomic E-state index is 0.297. The summed E-state index contributed by atoms with van der Waals surface area (Å²) >= 11 is 0. The van der Waals surface area contributed by atoms with Gasteiger partial charge in [-0.05, 0) is 60.4 Å². The molecule has 6 heteroatoms. The molecule has 0 aliphatic carbocycles. The van der Waals surface area contributed by atoms with Gasteiger partial charge in [0.25, 0.3) is 5.91 Å². The second kappa shape index (κ2) is 10.2. The molecule has 0 radical (unpaired) electrons. The summed E-state index contributed by atoms with van der Waals surface area (Å²) in [5, 5.41) is 4.00. The van der Waals surface area contributed by atoms with Gasteiger partial charge < -0.3 is 14.2 Å². The third-order valence-electron chi connectivity index (χ3n) is 3.87. The third kappa shape index (κ3) is 6.33. The molecule has 0 saturated carbocycles. The van der Waals surface area contributed by atoms with Gasteiger partial charge in [0.15, 0.2) is 11.5 Å². The molecule has 0 aromatic heterocycles. The molecule has 0 atom stereocenters. The van der Waals surface area contributed by atoms with Gasteiger partial charge in [0.2, 0.25) is 0 Å². The van der Waals surface area contributed by atoms with Crippen molar-refractivity contribution in [2.45, 2.75) is 20.3 Å². The second-order valence-corrected chi connectivity index (χ2v) is 6.37. The topological polar surface area (TPSA) is 69.2 Å². The number of hydrogen-bond acceptors (Lipinski definition) is 5. The van der Waals surface area contributed by atoms with Crippen LogP contribution in [0.5, 0.6) is 17.2 Å². The number of nitrogens with one attached hydrogen (secondary N) is 1. The van der Waals surface area contributed by atoms with Crippen molar-refractivity contribution in [3.63, 3.8) is 0 Å². The Labute approximate surface area is 160 Å². The number of amides is 1. The predicted octanol–water partition coefficient (Wildman–Crippen LogP) is 3.89. The Bertz CT molecular complexity index is 770. The summed E-state index contributed by atoms with van der Waals surface area (Å²) in [6.07, 6.45) is 2.53. The molecule has 2 rings (SSSR count). The van der Waals surface area contributed by atoms with Crippen LogP contribution in [0.2, 0.25) is 0 Å². The first-order valence-corrected chi connectivity index (χ1v) is 8.81. The molecule has 6 nitrogen and oxygen atoms in total. The number of nitrogens with zero attached hydrogens (tertiary/aromatic N) is 1. The molecule has 0 heterocycles. The van der Waals surface area contributed by atoms with E-state index >= 15 is 0 Å². The molecular weight excluding hydrogens is 344 g/mol. The van der Waals surface area contributed by atoms with Crippen molar-refractivity contribution in [2.75, 3.05) is 20.8 Å². The molecule has 27 heavy (non-hydrogen) atoms. The molecule has 0 unspecified atom stereocenters. The average Bonchev–Trinajstić information content (AvgIpc) is 2.68. The van der Waals surface area contributed by atoms with Gasteiger partial charge in [-0.25, -0.2) is 5.43 Å². The Morgan fingerprint density at radius 3 is 2.44 bits per heavy atom. The minimum atomic E-state index is -0.297. The van der Waals surface area contributed by atoms with Crippen molar-refractivity contribution in [3.05, 3.63) is 53.6 Å². The van der Waals surface area contributed by atoms with E-state index in [1.165, 1.54) is 0 Å². The molecule has 0 bridgehead atoms. The van der Waals surface area contributed by atoms with Gasteiger partial charge in [-0.1, -0.05) is 13.8 Å². The maximum atomic E-state index is 12.1. The van der Waals surface area contributed by atoms with Gasteiger partial charge in [-0.2, -0.15) is 5.10 Å². The summed E-state index contributed by atoms with van der Waals surface area (Å²) in [7, 11) is 3.17. The SMILES string of the molecule is COc1ccc(C(=O)N/N=C\c2ccc(OCCC(C)C)c(OC)c2)cc1. The molecule has 2 aromatic carbocycles. The molecule has 0 spiro atoms. The number of methoxy groups -OCH3 is 2. The first kappa shape index (κ1) is 20.3. The van der Waals surface area contributed by atoms with Crippen LogP contribution in [0.25, 0.3) is 0 Å². The molecule has 0 aliphatic rings. The molecule has 1 N–H and O–H groups in total. The summed E-state index contributed by atoms with van der Waals surface area (Å²) < 4.78 is 16.2. The molecular formula is C21H26N2O4. The van der Waals surface area contributed by atoms with Gasteiger partial charge in [0.1, 0.15) is 5.75 Å². The minimum Gasteiger partial charge on any atom is -0.497 e. The molecule has 0 fully saturated rings. The maximum Gasteiger partial charge on any atom is 0.271 e. The van der Waals surface area contributed by atoms with Gasteiger partial charge in [-0.3, -0.25) is 4.79 Å². The predicted molar refractivity (Wildman–Crippen MR) is 106 cm³/mol. The highest BCUT2D eigenvalue weighted by Crippen LogP contribution is 2.27. The first-order chi connectivity index (χ1) is 13.0. The Hall–Kier alpha value is -3.02. The van der Waals surface area contributed by atoms with Crippen LogP contribution in [-0.2, 0) is 0 Å². The van der Waals surface area contributed by atoms with E-state index in [2.05, 4.69) is 24.4 Å². The van der Waals surface area contributed by atoms with Crippen molar-refractivity contribution in [1.82, 2.24) is 5.43 Å². The van der Waals surface area contributed by atoms with Crippen LogP contribution in [0.1, 0.15) is 36.2 Å². The lowest BCUT2D eigenvalue weighted by Crippen LogP contribution is -2.17. The number of hydrazone groups is 1. The second-order valence-electron chi connectivity index (χ2n) is 6.37. The zero-order valence-corrected chi connectivity index (χ0v) is 16.2. The van der Waals surface area contributed by atoms with Gasteiger partial charge in [-0.15, -0.1) is 0 Å². The number of hydrogen-bond donors (Lipinski definition) is 1. The van der Waals surface area contributed by atoms with Crippen LogP contribution in [-0.4, -0.2) is 32.9 Å². The number of rotatable bonds is 9. The van der Waals surface area contributed by atoms with E-state index in [1.807, 2.05) is 18.2 Å². The van der Waals surface area contributed by atoms with E-state index in [0.29, 0.717) is 35.3 Å². The van der Waals surface area contributed by atoms with Crippen LogP contribution >= 0.6 is 0 Å². The van der Waals surface area contributed by atoms with E-state index in [1.54, 1.807) is 44.7 Å². The van der Waals surface area contributed by atoms with Crippen molar-refractivity contribution in [2.24, 2.45) is 11.0 Å². The van der Waals surface area contributed by atoms with Crippen molar-refractivity contribution in [1.29, 1.82) is 0 Å². The quantitative estimate of drug-likeness (QED) is 0.537. The van der Waals surface area contributed by atoms with E-state index in [4.69, 9.17) is 14.2 Å². The summed E-state index contributed by atoms with van der Waals surface area (Å²) in [6.45, 7) is 4.94. The zero-order valence-electron chi connectivity index (χ0n) is 16.2. The van der Waals surface area contributed by atoms with Crippen molar-refractivity contribution < 1.29 is 19.0 Å². The van der Waals surface area contributed by atoms with E-state index in [0.717, 1.165) is 12.0 Å². The normalized spacial score (nSPS) is 10.9. The molecule has 0 saturated heterocycles. The number of carbonyl (C=O) groups is 1. The molecule has 2 aromatic rings. The van der Waals surface area contributed by atoms with Crippen molar-refractivity contribution in [3.8, 4) is 17.2 Å². The number of benzene rings is 2. The fraction of sp³-hybridized carbons (Fsp3) is 0.333. The zero-order chi connectivity index (χ0) is 19.6.